The lowest BCUT2D eigenvalue weighted by Crippen LogP contribution is -1.77. The van der Waals surface area contributed by atoms with Gasteiger partial charge in [0.25, 0.3) is 0 Å². The third-order valence-corrected chi connectivity index (χ3v) is 3.93. The highest BCUT2D eigenvalue weighted by Crippen LogP contribution is 2.34. The van der Waals surface area contributed by atoms with E-state index in [2.05, 4.69) is 55.5 Å². The van der Waals surface area contributed by atoms with Crippen molar-refractivity contribution in [1.82, 2.24) is 0 Å². The van der Waals surface area contributed by atoms with Crippen LogP contribution < -0.4 is 0 Å². The number of allylic oxidation sites excluding steroid dienone is 2. The van der Waals surface area contributed by atoms with Gasteiger partial charge in [0.2, 0.25) is 0 Å². The van der Waals surface area contributed by atoms with E-state index >= 15 is 0 Å². The molecule has 15 heavy (non-hydrogen) atoms. The summed E-state index contributed by atoms with van der Waals surface area (Å²) < 4.78 is 1.38. The van der Waals surface area contributed by atoms with Crippen molar-refractivity contribution < 1.29 is 0 Å². The molecule has 0 radical (unpaired) electrons. The Morgan fingerprint density at radius 2 is 1.87 bits per heavy atom. The molecule has 0 N–H and O–H groups in total. The summed E-state index contributed by atoms with van der Waals surface area (Å²) in [5.41, 5.74) is 1.39. The van der Waals surface area contributed by atoms with E-state index in [1.807, 2.05) is 11.3 Å². The smallest absolute Gasteiger partial charge is 0.0355 e. The molecule has 1 heterocycles. The number of hydrogen-bond acceptors (Lipinski definition) is 1. The highest BCUT2D eigenvalue weighted by molar-refractivity contribution is 7.20. The molecule has 0 bridgehead atoms. The highest BCUT2D eigenvalue weighted by atomic mass is 32.1. The van der Waals surface area contributed by atoms with Gasteiger partial charge in [0.05, 0.1) is 0 Å². The second-order valence-electron chi connectivity index (χ2n) is 3.95. The predicted molar refractivity (Wildman–Crippen MR) is 69.1 cm³/mol. The standard InChI is InChI=1S/C14H12S/c1-10-6-8-12-11-4-2-3-5-13(11)15-14(12)9-7-10/h2-10H,1H3. The normalized spacial score (nSPS) is 19.1. The molecule has 0 fully saturated rings. The Morgan fingerprint density at radius 3 is 2.80 bits per heavy atom. The molecule has 1 aliphatic carbocycles. The van der Waals surface area contributed by atoms with Gasteiger partial charge in [-0.05, 0) is 23.6 Å². The van der Waals surface area contributed by atoms with Crippen molar-refractivity contribution in [3.63, 3.8) is 0 Å². The molecule has 0 nitrogen and oxygen atoms in total. The van der Waals surface area contributed by atoms with Crippen molar-refractivity contribution in [2.75, 3.05) is 0 Å². The van der Waals surface area contributed by atoms with Crippen LogP contribution in [-0.2, 0) is 0 Å². The Balaban J connectivity index is 2.33. The third kappa shape index (κ3) is 1.44. The van der Waals surface area contributed by atoms with Gasteiger partial charge in [0.15, 0.2) is 0 Å². The molecule has 3 rings (SSSR count). The van der Waals surface area contributed by atoms with Crippen molar-refractivity contribution in [2.45, 2.75) is 6.92 Å². The van der Waals surface area contributed by atoms with E-state index < -0.39 is 0 Å². The molecule has 1 aromatic carbocycles. The lowest BCUT2D eigenvalue weighted by atomic mass is 10.1. The monoisotopic (exact) mass is 212 g/mol. The maximum Gasteiger partial charge on any atom is 0.0355 e. The number of benzene rings is 1. The van der Waals surface area contributed by atoms with Crippen LogP contribution in [-0.4, -0.2) is 0 Å². The lowest BCUT2D eigenvalue weighted by molar-refractivity contribution is 0.954. The van der Waals surface area contributed by atoms with Gasteiger partial charge in [-0.15, -0.1) is 11.3 Å². The minimum absolute atomic E-state index is 0.545. The van der Waals surface area contributed by atoms with Gasteiger partial charge < -0.3 is 0 Å². The molecule has 0 saturated carbocycles. The molecular formula is C14H12S. The van der Waals surface area contributed by atoms with Crippen LogP contribution in [0.5, 0.6) is 0 Å². The van der Waals surface area contributed by atoms with E-state index in [0.717, 1.165) is 0 Å². The topological polar surface area (TPSA) is 0 Å². The lowest BCUT2D eigenvalue weighted by Gasteiger charge is -1.93. The molecule has 1 heteroatoms. The molecule has 2 aromatic rings. The summed E-state index contributed by atoms with van der Waals surface area (Å²) in [5.74, 6) is 0.545. The van der Waals surface area contributed by atoms with Gasteiger partial charge in [0.1, 0.15) is 0 Å². The van der Waals surface area contributed by atoms with Crippen LogP contribution in [0, 0.1) is 5.92 Å². The number of fused-ring (bicyclic) bond motifs is 3. The van der Waals surface area contributed by atoms with Gasteiger partial charge in [-0.1, -0.05) is 43.4 Å². The summed E-state index contributed by atoms with van der Waals surface area (Å²) in [6.45, 7) is 2.21. The quantitative estimate of drug-likeness (QED) is 0.599. The second-order valence-corrected chi connectivity index (χ2v) is 5.04. The molecule has 0 saturated heterocycles. The minimum Gasteiger partial charge on any atom is -0.135 e. The fraction of sp³-hybridized carbons (Fsp3) is 0.143. The first-order valence-electron chi connectivity index (χ1n) is 5.22. The Bertz CT molecular complexity index is 558. The van der Waals surface area contributed by atoms with Crippen molar-refractivity contribution in [3.05, 3.63) is 46.9 Å². The molecule has 0 aliphatic heterocycles. The Kier molecular flexibility index (Phi) is 2.00. The van der Waals surface area contributed by atoms with E-state index in [1.165, 1.54) is 20.5 Å². The molecule has 1 aliphatic rings. The summed E-state index contributed by atoms with van der Waals surface area (Å²) in [7, 11) is 0. The van der Waals surface area contributed by atoms with Crippen LogP contribution in [0.15, 0.2) is 36.4 Å². The van der Waals surface area contributed by atoms with Crippen molar-refractivity contribution in [3.8, 4) is 0 Å². The molecular weight excluding hydrogens is 200 g/mol. The first-order chi connectivity index (χ1) is 7.34. The van der Waals surface area contributed by atoms with Gasteiger partial charge >= 0.3 is 0 Å². The zero-order valence-corrected chi connectivity index (χ0v) is 9.42. The average molecular weight is 212 g/mol. The van der Waals surface area contributed by atoms with Crippen LogP contribution in [0.4, 0.5) is 0 Å². The average Bonchev–Trinajstić information content (AvgIpc) is 2.51. The van der Waals surface area contributed by atoms with Gasteiger partial charge in [-0.3, -0.25) is 0 Å². The summed E-state index contributed by atoms with van der Waals surface area (Å²) in [6.07, 6.45) is 9.04. The van der Waals surface area contributed by atoms with Crippen molar-refractivity contribution in [2.24, 2.45) is 5.92 Å². The van der Waals surface area contributed by atoms with E-state index in [4.69, 9.17) is 0 Å². The zero-order valence-electron chi connectivity index (χ0n) is 8.60. The first-order valence-corrected chi connectivity index (χ1v) is 6.04. The summed E-state index contributed by atoms with van der Waals surface area (Å²) in [5, 5.41) is 1.38. The van der Waals surface area contributed by atoms with Crippen LogP contribution in [0.3, 0.4) is 0 Å². The Morgan fingerprint density at radius 1 is 1.07 bits per heavy atom. The predicted octanol–water partition coefficient (Wildman–Crippen LogP) is 4.58. The van der Waals surface area contributed by atoms with Gasteiger partial charge in [0, 0.05) is 15.0 Å². The Hall–Kier alpha value is -1.34. The zero-order chi connectivity index (χ0) is 10.3. The first kappa shape index (κ1) is 8.93. The molecule has 1 unspecified atom stereocenters. The van der Waals surface area contributed by atoms with Crippen molar-refractivity contribution in [1.29, 1.82) is 0 Å². The van der Waals surface area contributed by atoms with E-state index in [1.54, 1.807) is 0 Å². The highest BCUT2D eigenvalue weighted by Gasteiger charge is 2.09. The molecule has 1 atom stereocenters. The molecule has 1 aromatic heterocycles. The number of hydrogen-bond donors (Lipinski definition) is 0. The van der Waals surface area contributed by atoms with Crippen LogP contribution in [0.1, 0.15) is 17.4 Å². The second kappa shape index (κ2) is 3.35. The summed E-state index contributed by atoms with van der Waals surface area (Å²) >= 11 is 1.88. The molecule has 0 spiro atoms. The minimum atomic E-state index is 0.545. The van der Waals surface area contributed by atoms with Gasteiger partial charge in [-0.25, -0.2) is 0 Å². The SMILES string of the molecule is CC1C=Cc2sc3ccccc3c2C=C1. The maximum absolute atomic E-state index is 2.27. The number of rotatable bonds is 0. The Labute approximate surface area is 93.6 Å². The van der Waals surface area contributed by atoms with E-state index in [-0.39, 0.29) is 0 Å². The third-order valence-electron chi connectivity index (χ3n) is 2.78. The van der Waals surface area contributed by atoms with Gasteiger partial charge in [-0.2, -0.15) is 0 Å². The fourth-order valence-electron chi connectivity index (χ4n) is 1.93. The molecule has 74 valence electrons. The molecule has 0 amide bonds. The van der Waals surface area contributed by atoms with Crippen molar-refractivity contribution >= 4 is 33.6 Å². The van der Waals surface area contributed by atoms with E-state index in [9.17, 15) is 0 Å². The number of thiophene rings is 1. The summed E-state index contributed by atoms with van der Waals surface area (Å²) in [4.78, 5) is 1.39. The fourth-order valence-corrected chi connectivity index (χ4v) is 3.04. The summed E-state index contributed by atoms with van der Waals surface area (Å²) in [6, 6.07) is 8.62. The maximum atomic E-state index is 2.27. The van der Waals surface area contributed by atoms with Crippen LogP contribution in [0.2, 0.25) is 0 Å². The largest absolute Gasteiger partial charge is 0.135 e. The van der Waals surface area contributed by atoms with E-state index in [0.29, 0.717) is 5.92 Å². The van der Waals surface area contributed by atoms with Crippen LogP contribution >= 0.6 is 11.3 Å². The van der Waals surface area contributed by atoms with Crippen LogP contribution in [0.25, 0.3) is 22.2 Å².